The number of non-ortho nitro benzene ring substituents is 1. The summed E-state index contributed by atoms with van der Waals surface area (Å²) in [6.07, 6.45) is 0. The van der Waals surface area contributed by atoms with Crippen molar-refractivity contribution in [3.63, 3.8) is 0 Å². The molecule has 7 heteroatoms. The minimum absolute atomic E-state index is 0.0274. The van der Waals surface area contributed by atoms with Crippen molar-refractivity contribution >= 4 is 69.6 Å². The van der Waals surface area contributed by atoms with Gasteiger partial charge >= 0.3 is 0 Å². The Bertz CT molecular complexity index is 584. The third kappa shape index (κ3) is 2.23. The van der Waals surface area contributed by atoms with Gasteiger partial charge in [-0.25, -0.2) is 0 Å². The second-order valence-electron chi connectivity index (χ2n) is 3.83. The van der Waals surface area contributed by atoms with Gasteiger partial charge in [-0.3, -0.25) is 10.1 Å². The molecule has 0 heterocycles. The summed E-state index contributed by atoms with van der Waals surface area (Å²) in [5.41, 5.74) is 0.760. The third-order valence-corrected chi connectivity index (χ3v) is 5.10. The molecule has 1 aliphatic carbocycles. The molecule has 0 aliphatic heterocycles. The summed E-state index contributed by atoms with van der Waals surface area (Å²) in [6.45, 7) is 0. The Labute approximate surface area is 125 Å². The zero-order chi connectivity index (χ0) is 13.4. The van der Waals surface area contributed by atoms with E-state index in [0.29, 0.717) is 14.6 Å². The number of nitrogens with zero attached hydrogens (tertiary/aromatic N) is 1. The molecule has 1 fully saturated rings. The van der Waals surface area contributed by atoms with Gasteiger partial charge < -0.3 is 0 Å². The predicted octanol–water partition coefficient (Wildman–Crippen LogP) is 3.10. The molecule has 0 spiro atoms. The number of nitro groups is 1. The highest BCUT2D eigenvalue weighted by Crippen LogP contribution is 2.35. The molecule has 0 aromatic heterocycles. The molecule has 92 valence electrons. The monoisotopic (exact) mass is 313 g/mol. The first kappa shape index (κ1) is 13.7. The van der Waals surface area contributed by atoms with E-state index < -0.39 is 4.92 Å². The van der Waals surface area contributed by atoms with E-state index in [9.17, 15) is 10.1 Å². The maximum Gasteiger partial charge on any atom is 0.269 e. The molecule has 2 rings (SSSR count). The molecule has 0 radical (unpaired) electrons. The number of rotatable bonds is 2. The lowest BCUT2D eigenvalue weighted by atomic mass is 9.97. The first-order valence-electron chi connectivity index (χ1n) is 4.98. The van der Waals surface area contributed by atoms with Gasteiger partial charge in [-0.05, 0) is 5.56 Å². The van der Waals surface area contributed by atoms with Gasteiger partial charge in [-0.1, -0.05) is 48.8 Å². The number of hydrogen-bond acceptors (Lipinski definition) is 6. The van der Waals surface area contributed by atoms with Gasteiger partial charge in [0.25, 0.3) is 5.69 Å². The molecule has 18 heavy (non-hydrogen) atoms. The molecule has 2 atom stereocenters. The van der Waals surface area contributed by atoms with E-state index in [4.69, 9.17) is 36.7 Å². The summed E-state index contributed by atoms with van der Waals surface area (Å²) < 4.78 is 0. The van der Waals surface area contributed by atoms with Gasteiger partial charge in [-0.15, -0.1) is 0 Å². The number of hydrogen-bond donors (Lipinski definition) is 1. The van der Waals surface area contributed by atoms with E-state index in [2.05, 4.69) is 12.6 Å². The van der Waals surface area contributed by atoms with Crippen LogP contribution >= 0.6 is 49.3 Å². The topological polar surface area (TPSA) is 43.1 Å². The minimum Gasteiger partial charge on any atom is -0.258 e. The fourth-order valence-corrected chi connectivity index (χ4v) is 3.44. The second kappa shape index (κ2) is 5.08. The fourth-order valence-electron chi connectivity index (χ4n) is 1.86. The molecule has 2 unspecified atom stereocenters. The van der Waals surface area contributed by atoms with Crippen molar-refractivity contribution in [3.05, 3.63) is 39.9 Å². The standard InChI is InChI=1S/C11H7NO2S4/c13-12(14)6-3-1-2-5(4-6)7-8(15)10(17)11(18)9(7)16/h1-4,7-8,15H. The van der Waals surface area contributed by atoms with Crippen molar-refractivity contribution in [2.45, 2.75) is 11.2 Å². The predicted molar refractivity (Wildman–Crippen MR) is 86.4 cm³/mol. The summed E-state index contributed by atoms with van der Waals surface area (Å²) in [5, 5.41) is 10.5. The number of thiocarbonyl (C=S) groups is 3. The van der Waals surface area contributed by atoms with Crippen LogP contribution in [0.4, 0.5) is 5.69 Å². The van der Waals surface area contributed by atoms with Crippen LogP contribution in [0.2, 0.25) is 0 Å². The van der Waals surface area contributed by atoms with Gasteiger partial charge in [0.15, 0.2) is 0 Å². The van der Waals surface area contributed by atoms with Crippen LogP contribution in [0, 0.1) is 10.1 Å². The second-order valence-corrected chi connectivity index (χ2v) is 5.68. The summed E-state index contributed by atoms with van der Waals surface area (Å²) in [4.78, 5) is 11.9. The Balaban J connectivity index is 2.46. The normalized spacial score (nSPS) is 23.5. The minimum atomic E-state index is -0.439. The highest BCUT2D eigenvalue weighted by Gasteiger charge is 2.39. The lowest BCUT2D eigenvalue weighted by molar-refractivity contribution is -0.384. The smallest absolute Gasteiger partial charge is 0.258 e. The summed E-state index contributed by atoms with van der Waals surface area (Å²) >= 11 is 20.0. The quantitative estimate of drug-likeness (QED) is 0.393. The van der Waals surface area contributed by atoms with Crippen LogP contribution in [0.5, 0.6) is 0 Å². The van der Waals surface area contributed by atoms with E-state index in [-0.39, 0.29) is 16.9 Å². The van der Waals surface area contributed by atoms with Crippen LogP contribution in [0.3, 0.4) is 0 Å². The van der Waals surface area contributed by atoms with Crippen LogP contribution in [-0.2, 0) is 0 Å². The molecular weight excluding hydrogens is 306 g/mol. The largest absolute Gasteiger partial charge is 0.269 e. The van der Waals surface area contributed by atoms with Crippen LogP contribution in [0.15, 0.2) is 24.3 Å². The molecule has 1 aliphatic rings. The molecular formula is C11H7NO2S4. The molecule has 0 bridgehead atoms. The molecule has 1 saturated carbocycles. The van der Waals surface area contributed by atoms with E-state index in [1.807, 2.05) is 0 Å². The Kier molecular flexibility index (Phi) is 3.86. The van der Waals surface area contributed by atoms with Gasteiger partial charge in [0, 0.05) is 27.8 Å². The summed E-state index contributed by atoms with van der Waals surface area (Å²) in [6, 6.07) is 6.34. The Morgan fingerprint density at radius 2 is 1.89 bits per heavy atom. The highest BCUT2D eigenvalue weighted by atomic mass is 32.1. The van der Waals surface area contributed by atoms with Gasteiger partial charge in [0.05, 0.1) is 15.0 Å². The maximum atomic E-state index is 10.8. The van der Waals surface area contributed by atoms with Crippen molar-refractivity contribution in [3.8, 4) is 0 Å². The third-order valence-electron chi connectivity index (χ3n) is 2.75. The molecule has 1 aromatic rings. The van der Waals surface area contributed by atoms with Crippen molar-refractivity contribution in [2.24, 2.45) is 0 Å². The van der Waals surface area contributed by atoms with Crippen LogP contribution in [0.1, 0.15) is 11.5 Å². The van der Waals surface area contributed by atoms with Crippen molar-refractivity contribution in [1.29, 1.82) is 0 Å². The van der Waals surface area contributed by atoms with E-state index in [1.165, 1.54) is 12.1 Å². The maximum absolute atomic E-state index is 10.8. The van der Waals surface area contributed by atoms with E-state index in [0.717, 1.165) is 5.56 Å². The Hall–Kier alpha value is -0.760. The zero-order valence-corrected chi connectivity index (χ0v) is 12.2. The Morgan fingerprint density at radius 1 is 1.22 bits per heavy atom. The van der Waals surface area contributed by atoms with E-state index in [1.54, 1.807) is 12.1 Å². The lowest BCUT2D eigenvalue weighted by Crippen LogP contribution is -2.14. The summed E-state index contributed by atoms with van der Waals surface area (Å²) in [7, 11) is 0. The van der Waals surface area contributed by atoms with Gasteiger partial charge in [-0.2, -0.15) is 12.6 Å². The Morgan fingerprint density at radius 3 is 2.39 bits per heavy atom. The van der Waals surface area contributed by atoms with Gasteiger partial charge in [0.2, 0.25) is 0 Å². The van der Waals surface area contributed by atoms with Gasteiger partial charge in [0.1, 0.15) is 0 Å². The SMILES string of the molecule is O=[N+]([O-])c1cccc(C2C(=S)C(=S)C(=S)C2S)c1. The molecule has 1 aromatic carbocycles. The first-order valence-corrected chi connectivity index (χ1v) is 6.72. The lowest BCUT2D eigenvalue weighted by Gasteiger charge is -2.14. The first-order chi connectivity index (χ1) is 8.43. The average molecular weight is 313 g/mol. The number of benzene rings is 1. The zero-order valence-electron chi connectivity index (χ0n) is 8.90. The molecule has 0 amide bonds. The molecule has 0 N–H and O–H groups in total. The van der Waals surface area contributed by atoms with E-state index >= 15 is 0 Å². The number of nitro benzene ring substituents is 1. The van der Waals surface area contributed by atoms with Crippen LogP contribution in [0.25, 0.3) is 0 Å². The number of thiol groups is 1. The summed E-state index contributed by atoms with van der Waals surface area (Å²) in [5.74, 6) is -0.247. The average Bonchev–Trinajstić information content (AvgIpc) is 2.54. The fraction of sp³-hybridized carbons (Fsp3) is 0.182. The van der Waals surface area contributed by atoms with Crippen molar-refractivity contribution < 1.29 is 4.92 Å². The van der Waals surface area contributed by atoms with Crippen LogP contribution in [-0.4, -0.2) is 24.8 Å². The van der Waals surface area contributed by atoms with Crippen LogP contribution < -0.4 is 0 Å². The van der Waals surface area contributed by atoms with Crippen molar-refractivity contribution in [1.82, 2.24) is 0 Å². The van der Waals surface area contributed by atoms with Crippen molar-refractivity contribution in [2.75, 3.05) is 0 Å². The molecule has 0 saturated heterocycles. The highest BCUT2D eigenvalue weighted by molar-refractivity contribution is 7.97. The molecule has 3 nitrogen and oxygen atoms in total.